The van der Waals surface area contributed by atoms with E-state index in [-0.39, 0.29) is 0 Å². The Balaban J connectivity index is 1.51. The Bertz CT molecular complexity index is 350. The first kappa shape index (κ1) is 13.7. The van der Waals surface area contributed by atoms with E-state index in [0.717, 1.165) is 56.2 Å². The largest absolute Gasteiger partial charge is 0.378 e. The highest BCUT2D eigenvalue weighted by molar-refractivity contribution is 7.09. The molecule has 18 heavy (non-hydrogen) atoms. The molecule has 1 fully saturated rings. The van der Waals surface area contributed by atoms with Crippen LogP contribution < -0.4 is 11.1 Å². The summed E-state index contributed by atoms with van der Waals surface area (Å²) in [6.07, 6.45) is 5.86. The van der Waals surface area contributed by atoms with Crippen molar-refractivity contribution in [3.63, 3.8) is 0 Å². The predicted molar refractivity (Wildman–Crippen MR) is 73.9 cm³/mol. The van der Waals surface area contributed by atoms with Crippen LogP contribution in [-0.2, 0) is 4.74 Å². The summed E-state index contributed by atoms with van der Waals surface area (Å²) in [6, 6.07) is 0.396. The van der Waals surface area contributed by atoms with E-state index in [0.29, 0.717) is 12.1 Å². The molecule has 0 unspecified atom stereocenters. The van der Waals surface area contributed by atoms with Crippen LogP contribution in [0.3, 0.4) is 0 Å². The van der Waals surface area contributed by atoms with E-state index < -0.39 is 0 Å². The SMILES string of the molecule is Cc1nsc(NCCCOC2CCC(N)CC2)n1. The number of hydrogen-bond donors (Lipinski definition) is 2. The maximum Gasteiger partial charge on any atom is 0.202 e. The molecule has 3 N–H and O–H groups in total. The van der Waals surface area contributed by atoms with Gasteiger partial charge in [-0.15, -0.1) is 0 Å². The van der Waals surface area contributed by atoms with E-state index in [9.17, 15) is 0 Å². The molecular weight excluding hydrogens is 248 g/mol. The molecule has 2 rings (SSSR count). The Morgan fingerprint density at radius 3 is 2.83 bits per heavy atom. The number of ether oxygens (including phenoxy) is 1. The molecular formula is C12H22N4OS. The van der Waals surface area contributed by atoms with Gasteiger partial charge in [-0.2, -0.15) is 4.37 Å². The Morgan fingerprint density at radius 1 is 1.39 bits per heavy atom. The summed E-state index contributed by atoms with van der Waals surface area (Å²) in [5, 5.41) is 4.15. The van der Waals surface area contributed by atoms with Crippen LogP contribution in [0.4, 0.5) is 5.13 Å². The molecule has 6 heteroatoms. The van der Waals surface area contributed by atoms with Crippen molar-refractivity contribution in [2.75, 3.05) is 18.5 Å². The second-order valence-electron chi connectivity index (χ2n) is 4.83. The zero-order chi connectivity index (χ0) is 12.8. The fraction of sp³-hybridized carbons (Fsp3) is 0.833. The van der Waals surface area contributed by atoms with E-state index >= 15 is 0 Å². The fourth-order valence-corrected chi connectivity index (χ4v) is 2.74. The molecule has 1 heterocycles. The van der Waals surface area contributed by atoms with Gasteiger partial charge in [-0.1, -0.05) is 0 Å². The first-order valence-electron chi connectivity index (χ1n) is 6.65. The van der Waals surface area contributed by atoms with Gasteiger partial charge in [0.15, 0.2) is 0 Å². The summed E-state index contributed by atoms with van der Waals surface area (Å²) in [5.41, 5.74) is 5.86. The maximum absolute atomic E-state index is 5.86. The van der Waals surface area contributed by atoms with Crippen molar-refractivity contribution in [2.45, 2.75) is 51.2 Å². The zero-order valence-electron chi connectivity index (χ0n) is 10.9. The van der Waals surface area contributed by atoms with Crippen molar-refractivity contribution in [2.24, 2.45) is 5.73 Å². The molecule has 0 radical (unpaired) electrons. The molecule has 0 saturated heterocycles. The molecule has 0 aliphatic heterocycles. The lowest BCUT2D eigenvalue weighted by molar-refractivity contribution is 0.0251. The van der Waals surface area contributed by atoms with Gasteiger partial charge in [0.2, 0.25) is 5.13 Å². The van der Waals surface area contributed by atoms with Crippen LogP contribution >= 0.6 is 11.5 Å². The third kappa shape index (κ3) is 4.51. The third-order valence-electron chi connectivity index (χ3n) is 3.20. The third-order valence-corrected chi connectivity index (χ3v) is 3.96. The Kier molecular flexibility index (Phi) is 5.34. The molecule has 0 bridgehead atoms. The van der Waals surface area contributed by atoms with Crippen LogP contribution in [0.5, 0.6) is 0 Å². The van der Waals surface area contributed by atoms with Crippen molar-refractivity contribution in [3.8, 4) is 0 Å². The molecule has 1 saturated carbocycles. The molecule has 1 aromatic rings. The van der Waals surface area contributed by atoms with Gasteiger partial charge < -0.3 is 15.8 Å². The predicted octanol–water partition coefficient (Wildman–Crippen LogP) is 1.94. The van der Waals surface area contributed by atoms with Crippen molar-refractivity contribution in [3.05, 3.63) is 5.82 Å². The van der Waals surface area contributed by atoms with Gasteiger partial charge in [-0.25, -0.2) is 4.98 Å². The number of nitrogens with one attached hydrogen (secondary N) is 1. The molecule has 0 spiro atoms. The average molecular weight is 270 g/mol. The number of nitrogens with zero attached hydrogens (tertiary/aromatic N) is 2. The number of nitrogens with two attached hydrogens (primary N) is 1. The van der Waals surface area contributed by atoms with Gasteiger partial charge in [-0.3, -0.25) is 0 Å². The topological polar surface area (TPSA) is 73.1 Å². The van der Waals surface area contributed by atoms with Gasteiger partial charge in [0.1, 0.15) is 5.82 Å². The second kappa shape index (κ2) is 7.01. The lowest BCUT2D eigenvalue weighted by Crippen LogP contribution is -2.30. The van der Waals surface area contributed by atoms with Crippen LogP contribution in [0.1, 0.15) is 37.9 Å². The van der Waals surface area contributed by atoms with Gasteiger partial charge in [0, 0.05) is 30.7 Å². The quantitative estimate of drug-likeness (QED) is 0.773. The molecule has 0 aromatic carbocycles. The van der Waals surface area contributed by atoms with E-state index in [1.54, 1.807) is 0 Å². The average Bonchev–Trinajstić information content (AvgIpc) is 2.77. The van der Waals surface area contributed by atoms with Crippen LogP contribution in [0.15, 0.2) is 0 Å². The molecule has 0 amide bonds. The maximum atomic E-state index is 5.86. The van der Waals surface area contributed by atoms with Crippen molar-refractivity contribution in [1.29, 1.82) is 0 Å². The Labute approximate surface area is 112 Å². The van der Waals surface area contributed by atoms with Crippen molar-refractivity contribution in [1.82, 2.24) is 9.36 Å². The first-order valence-corrected chi connectivity index (χ1v) is 7.43. The summed E-state index contributed by atoms with van der Waals surface area (Å²) in [6.45, 7) is 3.60. The zero-order valence-corrected chi connectivity index (χ0v) is 11.7. The van der Waals surface area contributed by atoms with Gasteiger partial charge >= 0.3 is 0 Å². The first-order chi connectivity index (χ1) is 8.74. The van der Waals surface area contributed by atoms with Crippen LogP contribution in [0.25, 0.3) is 0 Å². The lowest BCUT2D eigenvalue weighted by atomic mass is 9.94. The monoisotopic (exact) mass is 270 g/mol. The highest BCUT2D eigenvalue weighted by Crippen LogP contribution is 2.19. The summed E-state index contributed by atoms with van der Waals surface area (Å²) < 4.78 is 9.97. The summed E-state index contributed by atoms with van der Waals surface area (Å²) in [7, 11) is 0. The van der Waals surface area contributed by atoms with E-state index in [1.807, 2.05) is 6.92 Å². The highest BCUT2D eigenvalue weighted by atomic mass is 32.1. The smallest absolute Gasteiger partial charge is 0.202 e. The van der Waals surface area contributed by atoms with Crippen molar-refractivity contribution < 1.29 is 4.74 Å². The van der Waals surface area contributed by atoms with E-state index in [1.165, 1.54) is 11.5 Å². The number of anilines is 1. The van der Waals surface area contributed by atoms with Crippen molar-refractivity contribution >= 4 is 16.7 Å². The molecule has 102 valence electrons. The van der Waals surface area contributed by atoms with Crippen LogP contribution in [-0.4, -0.2) is 34.7 Å². The molecule has 5 nitrogen and oxygen atoms in total. The molecule has 1 aromatic heterocycles. The van der Waals surface area contributed by atoms with Gasteiger partial charge in [-0.05, 0) is 39.0 Å². The minimum Gasteiger partial charge on any atom is -0.378 e. The van der Waals surface area contributed by atoms with Crippen LogP contribution in [0.2, 0.25) is 0 Å². The summed E-state index contributed by atoms with van der Waals surface area (Å²) >= 11 is 1.41. The number of hydrogen-bond acceptors (Lipinski definition) is 6. The standard InChI is InChI=1S/C12H22N4OS/c1-9-15-12(18-16-9)14-7-2-8-17-11-5-3-10(13)4-6-11/h10-11H,2-8,13H2,1H3,(H,14,15,16). The van der Waals surface area contributed by atoms with E-state index in [2.05, 4.69) is 14.7 Å². The fourth-order valence-electron chi connectivity index (χ4n) is 2.14. The molecule has 0 atom stereocenters. The number of rotatable bonds is 6. The molecule has 1 aliphatic rings. The number of aryl methyl sites for hydroxylation is 1. The second-order valence-corrected chi connectivity index (χ2v) is 5.59. The minimum absolute atomic E-state index is 0.396. The summed E-state index contributed by atoms with van der Waals surface area (Å²) in [5.74, 6) is 0.831. The van der Waals surface area contributed by atoms with Gasteiger partial charge in [0.05, 0.1) is 6.10 Å². The van der Waals surface area contributed by atoms with E-state index in [4.69, 9.17) is 10.5 Å². The highest BCUT2D eigenvalue weighted by Gasteiger charge is 2.18. The minimum atomic E-state index is 0.396. The Morgan fingerprint density at radius 2 is 2.17 bits per heavy atom. The Hall–Kier alpha value is -0.720. The number of aromatic nitrogens is 2. The lowest BCUT2D eigenvalue weighted by Gasteiger charge is -2.26. The molecule has 1 aliphatic carbocycles. The van der Waals surface area contributed by atoms with Gasteiger partial charge in [0.25, 0.3) is 0 Å². The normalized spacial score (nSPS) is 24.1. The summed E-state index contributed by atoms with van der Waals surface area (Å²) in [4.78, 5) is 4.25. The van der Waals surface area contributed by atoms with Crippen LogP contribution in [0, 0.1) is 6.92 Å².